The van der Waals surface area contributed by atoms with Crippen LogP contribution in [-0.4, -0.2) is 48.2 Å². The van der Waals surface area contributed by atoms with Gasteiger partial charge in [0.2, 0.25) is 0 Å². The van der Waals surface area contributed by atoms with Gasteiger partial charge in [-0.25, -0.2) is 0 Å². The van der Waals surface area contributed by atoms with Crippen molar-refractivity contribution < 1.29 is 9.90 Å². The van der Waals surface area contributed by atoms with E-state index in [1.165, 1.54) is 0 Å². The molecule has 4 nitrogen and oxygen atoms in total. The van der Waals surface area contributed by atoms with Crippen molar-refractivity contribution in [2.45, 2.75) is 18.9 Å². The van der Waals surface area contributed by atoms with Gasteiger partial charge >= 0.3 is 5.97 Å². The molecule has 1 aromatic rings. The number of nitrogens with zero attached hydrogens (tertiary/aromatic N) is 2. The van der Waals surface area contributed by atoms with Crippen molar-refractivity contribution in [2.75, 3.05) is 31.1 Å². The molecule has 114 valence electrons. The van der Waals surface area contributed by atoms with Gasteiger partial charge in [0.05, 0.1) is 10.0 Å². The monoisotopic (exact) mass is 328 g/mol. The first-order chi connectivity index (χ1) is 10.1. The molecule has 0 amide bonds. The maximum Gasteiger partial charge on any atom is 0.321 e. The van der Waals surface area contributed by atoms with Gasteiger partial charge in [0.25, 0.3) is 0 Å². The molecule has 2 aliphatic rings. The van der Waals surface area contributed by atoms with Gasteiger partial charge in [-0.05, 0) is 37.0 Å². The molecule has 2 fully saturated rings. The summed E-state index contributed by atoms with van der Waals surface area (Å²) in [6.45, 7) is 3.17. The van der Waals surface area contributed by atoms with E-state index in [9.17, 15) is 9.90 Å². The van der Waals surface area contributed by atoms with Gasteiger partial charge in [-0.2, -0.15) is 0 Å². The predicted molar refractivity (Wildman–Crippen MR) is 84.4 cm³/mol. The van der Waals surface area contributed by atoms with E-state index in [4.69, 9.17) is 23.2 Å². The van der Waals surface area contributed by atoms with E-state index in [1.54, 1.807) is 6.07 Å². The van der Waals surface area contributed by atoms with Gasteiger partial charge in [0.1, 0.15) is 6.04 Å². The number of hydrogen-bond acceptors (Lipinski definition) is 3. The minimum atomic E-state index is -0.680. The molecular formula is C15H18Cl2N2O2. The zero-order valence-electron chi connectivity index (χ0n) is 11.6. The summed E-state index contributed by atoms with van der Waals surface area (Å²) in [7, 11) is 0. The molecule has 21 heavy (non-hydrogen) atoms. The standard InChI is InChI=1S/C15H18Cl2N2O2/c16-12-4-3-11(9-13(12)17)18-5-7-19(8-6-18)14(15(20)21)10-1-2-10/h3-4,9-10,14H,1-2,5-8H2,(H,20,21). The first-order valence-electron chi connectivity index (χ1n) is 7.23. The Balaban J connectivity index is 1.64. The lowest BCUT2D eigenvalue weighted by Crippen LogP contribution is -2.53. The van der Waals surface area contributed by atoms with Gasteiger partial charge in [0, 0.05) is 31.9 Å². The molecule has 1 aliphatic carbocycles. The Morgan fingerprint density at radius 2 is 1.81 bits per heavy atom. The SMILES string of the molecule is O=C(O)C(C1CC1)N1CCN(c2ccc(Cl)c(Cl)c2)CC1. The molecule has 0 radical (unpaired) electrons. The van der Waals surface area contributed by atoms with E-state index in [1.807, 2.05) is 12.1 Å². The molecule has 0 bridgehead atoms. The highest BCUT2D eigenvalue weighted by atomic mass is 35.5. The van der Waals surface area contributed by atoms with E-state index in [0.29, 0.717) is 16.0 Å². The molecule has 3 rings (SSSR count). The lowest BCUT2D eigenvalue weighted by atomic mass is 10.1. The van der Waals surface area contributed by atoms with Gasteiger partial charge in [0.15, 0.2) is 0 Å². The molecular weight excluding hydrogens is 311 g/mol. The minimum Gasteiger partial charge on any atom is -0.480 e. The van der Waals surface area contributed by atoms with Crippen molar-refractivity contribution >= 4 is 34.9 Å². The third kappa shape index (κ3) is 3.28. The number of piperazine rings is 1. The molecule has 6 heteroatoms. The lowest BCUT2D eigenvalue weighted by Gasteiger charge is -2.39. The fraction of sp³-hybridized carbons (Fsp3) is 0.533. The van der Waals surface area contributed by atoms with E-state index in [0.717, 1.165) is 44.7 Å². The normalized spacial score (nSPS) is 21.3. The van der Waals surface area contributed by atoms with Gasteiger partial charge in [-0.1, -0.05) is 23.2 Å². The predicted octanol–water partition coefficient (Wildman–Crippen LogP) is 2.98. The van der Waals surface area contributed by atoms with Crippen molar-refractivity contribution in [2.24, 2.45) is 5.92 Å². The number of benzene rings is 1. The number of anilines is 1. The first kappa shape index (κ1) is 14.9. The smallest absolute Gasteiger partial charge is 0.321 e. The molecule has 1 N–H and O–H groups in total. The van der Waals surface area contributed by atoms with Crippen LogP contribution in [0.15, 0.2) is 18.2 Å². The molecule has 0 spiro atoms. The van der Waals surface area contributed by atoms with Gasteiger partial charge < -0.3 is 10.0 Å². The molecule has 1 unspecified atom stereocenters. The molecule has 1 heterocycles. The van der Waals surface area contributed by atoms with Crippen molar-refractivity contribution in [1.82, 2.24) is 4.90 Å². The van der Waals surface area contributed by atoms with Crippen molar-refractivity contribution in [3.8, 4) is 0 Å². The molecule has 1 aliphatic heterocycles. The Hall–Kier alpha value is -0.970. The van der Waals surface area contributed by atoms with Crippen molar-refractivity contribution in [3.05, 3.63) is 28.2 Å². The second-order valence-corrected chi connectivity index (χ2v) is 6.56. The maximum atomic E-state index is 11.4. The van der Waals surface area contributed by atoms with Crippen LogP contribution in [0.3, 0.4) is 0 Å². The van der Waals surface area contributed by atoms with Crippen LogP contribution < -0.4 is 4.90 Å². The fourth-order valence-corrected chi connectivity index (χ4v) is 3.30. The number of rotatable bonds is 4. The van der Waals surface area contributed by atoms with Crippen LogP contribution in [0, 0.1) is 5.92 Å². The van der Waals surface area contributed by atoms with Crippen LogP contribution in [0.1, 0.15) is 12.8 Å². The number of halogens is 2. The van der Waals surface area contributed by atoms with Crippen LogP contribution in [0.2, 0.25) is 10.0 Å². The summed E-state index contributed by atoms with van der Waals surface area (Å²) in [6.07, 6.45) is 2.09. The molecule has 0 aromatic heterocycles. The Bertz CT molecular complexity index is 540. The lowest BCUT2D eigenvalue weighted by molar-refractivity contribution is -0.144. The number of carboxylic acid groups (broad SMARTS) is 1. The van der Waals surface area contributed by atoms with E-state index < -0.39 is 5.97 Å². The summed E-state index contributed by atoms with van der Waals surface area (Å²) in [5, 5.41) is 10.5. The zero-order chi connectivity index (χ0) is 15.0. The number of carbonyl (C=O) groups is 1. The first-order valence-corrected chi connectivity index (χ1v) is 7.98. The topological polar surface area (TPSA) is 43.8 Å². The second-order valence-electron chi connectivity index (χ2n) is 5.74. The Morgan fingerprint density at radius 3 is 2.33 bits per heavy atom. The molecule has 1 atom stereocenters. The van der Waals surface area contributed by atoms with Gasteiger partial charge in [-0.15, -0.1) is 0 Å². The highest BCUT2D eigenvalue weighted by molar-refractivity contribution is 6.42. The summed E-state index contributed by atoms with van der Waals surface area (Å²) >= 11 is 12.0. The molecule has 1 aromatic carbocycles. The Labute approximate surface area is 134 Å². The number of carboxylic acids is 1. The third-order valence-corrected chi connectivity index (χ3v) is 5.04. The summed E-state index contributed by atoms with van der Waals surface area (Å²) in [4.78, 5) is 15.8. The Morgan fingerprint density at radius 1 is 1.14 bits per heavy atom. The van der Waals surface area contributed by atoms with E-state index in [2.05, 4.69) is 9.80 Å². The third-order valence-electron chi connectivity index (χ3n) is 4.30. The Kier molecular flexibility index (Phi) is 4.29. The quantitative estimate of drug-likeness (QED) is 0.922. The highest BCUT2D eigenvalue weighted by Gasteiger charge is 2.41. The summed E-state index contributed by atoms with van der Waals surface area (Å²) in [5.74, 6) is -0.334. The number of hydrogen-bond donors (Lipinski definition) is 1. The van der Waals surface area contributed by atoms with Crippen LogP contribution in [0.4, 0.5) is 5.69 Å². The zero-order valence-corrected chi connectivity index (χ0v) is 13.1. The van der Waals surface area contributed by atoms with Gasteiger partial charge in [-0.3, -0.25) is 9.69 Å². The van der Waals surface area contributed by atoms with Crippen LogP contribution in [0.25, 0.3) is 0 Å². The van der Waals surface area contributed by atoms with E-state index >= 15 is 0 Å². The van der Waals surface area contributed by atoms with Crippen LogP contribution >= 0.6 is 23.2 Å². The molecule has 1 saturated heterocycles. The number of aliphatic carboxylic acids is 1. The maximum absolute atomic E-state index is 11.4. The van der Waals surface area contributed by atoms with E-state index in [-0.39, 0.29) is 6.04 Å². The van der Waals surface area contributed by atoms with Crippen LogP contribution in [0.5, 0.6) is 0 Å². The van der Waals surface area contributed by atoms with Crippen molar-refractivity contribution in [1.29, 1.82) is 0 Å². The van der Waals surface area contributed by atoms with Crippen molar-refractivity contribution in [3.63, 3.8) is 0 Å². The average molecular weight is 329 g/mol. The summed E-state index contributed by atoms with van der Waals surface area (Å²) < 4.78 is 0. The minimum absolute atomic E-state index is 0.305. The average Bonchev–Trinajstić information content (AvgIpc) is 3.27. The molecule has 1 saturated carbocycles. The second kappa shape index (κ2) is 6.03. The van der Waals surface area contributed by atoms with Crippen LogP contribution in [-0.2, 0) is 4.79 Å². The largest absolute Gasteiger partial charge is 0.480 e. The highest BCUT2D eigenvalue weighted by Crippen LogP contribution is 2.36. The summed E-state index contributed by atoms with van der Waals surface area (Å²) in [5.41, 5.74) is 1.04. The summed E-state index contributed by atoms with van der Waals surface area (Å²) in [6, 6.07) is 5.32. The fourth-order valence-electron chi connectivity index (χ4n) is 3.01.